The molecule has 0 amide bonds. The van der Waals surface area contributed by atoms with E-state index in [-0.39, 0.29) is 5.82 Å². The summed E-state index contributed by atoms with van der Waals surface area (Å²) in [6.45, 7) is 0. The maximum absolute atomic E-state index is 12.9. The largest absolute Gasteiger partial charge is 0.207 e. The fourth-order valence-electron chi connectivity index (χ4n) is 4.52. The lowest BCUT2D eigenvalue weighted by Gasteiger charge is -2.36. The van der Waals surface area contributed by atoms with Gasteiger partial charge in [0.2, 0.25) is 0 Å². The molecule has 122 valence electrons. The number of aryl methyl sites for hydroxylation is 1. The van der Waals surface area contributed by atoms with Crippen LogP contribution in [0.3, 0.4) is 0 Å². The van der Waals surface area contributed by atoms with Gasteiger partial charge in [-0.25, -0.2) is 4.39 Å². The smallest absolute Gasteiger partial charge is 0.141 e. The normalized spacial score (nSPS) is 32.8. The number of halogens is 2. The van der Waals surface area contributed by atoms with Gasteiger partial charge in [0.1, 0.15) is 13.9 Å². The highest BCUT2D eigenvalue weighted by molar-refractivity contribution is 7.07. The predicted octanol–water partition coefficient (Wildman–Crippen LogP) is 5.94. The summed E-state index contributed by atoms with van der Waals surface area (Å²) in [5.74, 6) is 2.74. The summed E-state index contributed by atoms with van der Waals surface area (Å²) in [4.78, 5) is 0. The van der Waals surface area contributed by atoms with Crippen molar-refractivity contribution < 1.29 is 4.39 Å². The molecule has 0 bridgehead atoms. The summed E-state index contributed by atoms with van der Waals surface area (Å²) in [5.41, 5.74) is 1.29. The van der Waals surface area contributed by atoms with Gasteiger partial charge >= 0.3 is 0 Å². The van der Waals surface area contributed by atoms with Crippen LogP contribution in [0.5, 0.6) is 0 Å². The summed E-state index contributed by atoms with van der Waals surface area (Å²) in [6, 6.07) is 9.80. The van der Waals surface area contributed by atoms with Crippen LogP contribution in [-0.2, 0) is 6.42 Å². The van der Waals surface area contributed by atoms with Crippen molar-refractivity contribution in [1.29, 1.82) is 0 Å². The molecule has 0 atom stereocenters. The Hall–Kier alpha value is -0.343. The lowest BCUT2D eigenvalue weighted by atomic mass is 9.73. The van der Waals surface area contributed by atoms with Gasteiger partial charge in [0.25, 0.3) is 0 Å². The van der Waals surface area contributed by atoms with Gasteiger partial charge in [-0.3, -0.25) is 0 Å². The summed E-state index contributed by atoms with van der Waals surface area (Å²) >= 11 is 6.37. The third kappa shape index (κ3) is 4.58. The monoisotopic (exact) mass is 338 g/mol. The van der Waals surface area contributed by atoms with Gasteiger partial charge in [-0.15, -0.1) is 0 Å². The van der Waals surface area contributed by atoms with E-state index in [2.05, 4.69) is 0 Å². The van der Waals surface area contributed by atoms with E-state index in [1.165, 1.54) is 62.6 Å². The fourth-order valence-corrected chi connectivity index (χ4v) is 7.14. The molecule has 1 aromatic carbocycles. The van der Waals surface area contributed by atoms with Gasteiger partial charge in [0.15, 0.2) is 0 Å². The molecule has 1 saturated heterocycles. The van der Waals surface area contributed by atoms with E-state index >= 15 is 0 Å². The maximum atomic E-state index is 12.9. The van der Waals surface area contributed by atoms with Crippen LogP contribution in [0.2, 0.25) is 12.1 Å². The molecule has 1 aliphatic heterocycles. The first-order valence-electron chi connectivity index (χ1n) is 9.09. The van der Waals surface area contributed by atoms with Crippen molar-refractivity contribution >= 4 is 19.2 Å². The van der Waals surface area contributed by atoms with E-state index < -0.39 is 8.11 Å². The fraction of sp³-hybridized carbons (Fsp3) is 0.684. The molecule has 1 aliphatic carbocycles. The Kier molecular flexibility index (Phi) is 5.98. The number of hydrogen-bond acceptors (Lipinski definition) is 0. The van der Waals surface area contributed by atoms with E-state index in [4.69, 9.17) is 11.1 Å². The summed E-state index contributed by atoms with van der Waals surface area (Å²) in [6.07, 6.45) is 10.9. The van der Waals surface area contributed by atoms with Crippen molar-refractivity contribution in [1.82, 2.24) is 0 Å². The third-order valence-corrected chi connectivity index (χ3v) is 9.24. The molecule has 0 nitrogen and oxygen atoms in total. The molecule has 1 heterocycles. The van der Waals surface area contributed by atoms with Crippen molar-refractivity contribution in [2.24, 2.45) is 17.8 Å². The highest BCUT2D eigenvalue weighted by Gasteiger charge is 2.30. The molecule has 2 aliphatic rings. The molecule has 0 unspecified atom stereocenters. The second-order valence-electron chi connectivity index (χ2n) is 7.46. The standard InChI is InChI=1S/C19H28ClFSi/c20-22-13-11-18(12-14-22)17-7-3-15(4-8-17)1-2-16-5-9-19(21)10-6-16/h5-6,9-10,15,17-18,22H,1-4,7-8,11-14H2. The molecule has 0 radical (unpaired) electrons. The lowest BCUT2D eigenvalue weighted by Crippen LogP contribution is -2.26. The number of benzene rings is 1. The van der Waals surface area contributed by atoms with Gasteiger partial charge in [-0.05, 0) is 73.2 Å². The Labute approximate surface area is 140 Å². The molecule has 1 saturated carbocycles. The third-order valence-electron chi connectivity index (χ3n) is 6.01. The first kappa shape index (κ1) is 16.5. The number of hydrogen-bond donors (Lipinski definition) is 0. The van der Waals surface area contributed by atoms with Crippen molar-refractivity contribution in [2.45, 2.75) is 63.5 Å². The second-order valence-corrected chi connectivity index (χ2v) is 11.7. The molecule has 1 aromatic rings. The minimum absolute atomic E-state index is 0.126. The topological polar surface area (TPSA) is 0 Å². The Morgan fingerprint density at radius 3 is 2.14 bits per heavy atom. The molecule has 3 heteroatoms. The molecule has 0 aromatic heterocycles. The zero-order chi connectivity index (χ0) is 15.4. The van der Waals surface area contributed by atoms with Crippen LogP contribution in [0.4, 0.5) is 4.39 Å². The van der Waals surface area contributed by atoms with E-state index in [1.807, 2.05) is 12.1 Å². The summed E-state index contributed by atoms with van der Waals surface area (Å²) in [7, 11) is -0.804. The highest BCUT2D eigenvalue weighted by atomic mass is 35.6. The molecule has 3 rings (SSSR count). The first-order chi connectivity index (χ1) is 10.7. The Morgan fingerprint density at radius 1 is 0.909 bits per heavy atom. The SMILES string of the molecule is Fc1ccc(CCC2CCC(C3CC[SiH](Cl)CC3)CC2)cc1. The Balaban J connectivity index is 1.39. The van der Waals surface area contributed by atoms with Crippen molar-refractivity contribution in [2.75, 3.05) is 0 Å². The van der Waals surface area contributed by atoms with E-state index in [1.54, 1.807) is 12.1 Å². The van der Waals surface area contributed by atoms with Crippen LogP contribution in [-0.4, -0.2) is 8.11 Å². The van der Waals surface area contributed by atoms with Gasteiger partial charge in [0, 0.05) is 0 Å². The molecular weight excluding hydrogens is 311 g/mol. The lowest BCUT2D eigenvalue weighted by molar-refractivity contribution is 0.187. The Morgan fingerprint density at radius 2 is 1.50 bits per heavy atom. The minimum Gasteiger partial charge on any atom is -0.207 e. The van der Waals surface area contributed by atoms with E-state index in [0.29, 0.717) is 0 Å². The zero-order valence-corrected chi connectivity index (χ0v) is 15.4. The average Bonchev–Trinajstić information content (AvgIpc) is 2.56. The molecular formula is C19H28ClFSi. The van der Waals surface area contributed by atoms with E-state index in [9.17, 15) is 4.39 Å². The van der Waals surface area contributed by atoms with Gasteiger partial charge in [-0.1, -0.05) is 37.8 Å². The molecule has 0 spiro atoms. The first-order valence-corrected chi connectivity index (χ1v) is 12.5. The second kappa shape index (κ2) is 7.96. The summed E-state index contributed by atoms with van der Waals surface area (Å²) < 4.78 is 12.9. The molecule has 22 heavy (non-hydrogen) atoms. The minimum atomic E-state index is -0.804. The summed E-state index contributed by atoms with van der Waals surface area (Å²) in [5, 5.41) is 0. The van der Waals surface area contributed by atoms with Crippen LogP contribution < -0.4 is 0 Å². The Bertz CT molecular complexity index is 445. The van der Waals surface area contributed by atoms with Crippen molar-refractivity contribution in [3.8, 4) is 0 Å². The molecule has 0 N–H and O–H groups in total. The average molecular weight is 339 g/mol. The van der Waals surface area contributed by atoms with Crippen LogP contribution in [0.15, 0.2) is 24.3 Å². The number of rotatable bonds is 4. The predicted molar refractivity (Wildman–Crippen MR) is 95.5 cm³/mol. The van der Waals surface area contributed by atoms with E-state index in [0.717, 1.165) is 24.2 Å². The van der Waals surface area contributed by atoms with Gasteiger partial charge in [0.05, 0.1) is 0 Å². The quantitative estimate of drug-likeness (QED) is 0.471. The van der Waals surface area contributed by atoms with Crippen LogP contribution in [0.25, 0.3) is 0 Å². The van der Waals surface area contributed by atoms with Crippen LogP contribution in [0, 0.1) is 23.6 Å². The highest BCUT2D eigenvalue weighted by Crippen LogP contribution is 2.41. The zero-order valence-electron chi connectivity index (χ0n) is 13.4. The van der Waals surface area contributed by atoms with Crippen molar-refractivity contribution in [3.63, 3.8) is 0 Å². The van der Waals surface area contributed by atoms with Crippen LogP contribution >= 0.6 is 11.1 Å². The van der Waals surface area contributed by atoms with Crippen LogP contribution in [0.1, 0.15) is 50.5 Å². The molecule has 2 fully saturated rings. The maximum Gasteiger partial charge on any atom is 0.141 e. The van der Waals surface area contributed by atoms with Gasteiger partial charge < -0.3 is 0 Å². The van der Waals surface area contributed by atoms with Gasteiger partial charge in [-0.2, -0.15) is 11.1 Å². The van der Waals surface area contributed by atoms with Crippen molar-refractivity contribution in [3.05, 3.63) is 35.6 Å².